The van der Waals surface area contributed by atoms with Gasteiger partial charge >= 0.3 is 0 Å². The normalized spacial score (nSPS) is 12.9. The van der Waals surface area contributed by atoms with E-state index in [1.807, 2.05) is 19.1 Å². The number of ether oxygens (including phenoxy) is 1. The summed E-state index contributed by atoms with van der Waals surface area (Å²) in [7, 11) is 0. The quantitative estimate of drug-likeness (QED) is 0.919. The van der Waals surface area contributed by atoms with Gasteiger partial charge in [0.1, 0.15) is 18.5 Å². The minimum absolute atomic E-state index is 0.0876. The molecule has 1 aromatic heterocycles. The third kappa shape index (κ3) is 4.66. The molecule has 0 aliphatic heterocycles. The standard InChI is InChI=1S/C18H24N2O3/c1-13-9-14(18(2,3)4)5-6-16(13)23-11-15(21)10-20-12-19-8-7-17(20)22/h5-9,12,15,21H,10-11H2,1-4H3. The number of hydrogen-bond acceptors (Lipinski definition) is 4. The van der Waals surface area contributed by atoms with Gasteiger partial charge in [0.2, 0.25) is 0 Å². The van der Waals surface area contributed by atoms with Crippen molar-refractivity contribution in [3.8, 4) is 5.75 Å². The van der Waals surface area contributed by atoms with Crippen LogP contribution in [0.5, 0.6) is 5.75 Å². The highest BCUT2D eigenvalue weighted by Crippen LogP contribution is 2.27. The maximum absolute atomic E-state index is 11.6. The first-order valence-electron chi connectivity index (χ1n) is 7.70. The number of benzene rings is 1. The summed E-state index contributed by atoms with van der Waals surface area (Å²) >= 11 is 0. The zero-order valence-corrected chi connectivity index (χ0v) is 14.1. The third-order valence-electron chi connectivity index (χ3n) is 3.67. The Morgan fingerprint density at radius 2 is 2.04 bits per heavy atom. The fourth-order valence-corrected chi connectivity index (χ4v) is 2.26. The van der Waals surface area contributed by atoms with Crippen LogP contribution in [0.4, 0.5) is 0 Å². The summed E-state index contributed by atoms with van der Waals surface area (Å²) in [5.74, 6) is 0.746. The van der Waals surface area contributed by atoms with E-state index in [1.54, 1.807) is 0 Å². The first-order valence-corrected chi connectivity index (χ1v) is 7.70. The van der Waals surface area contributed by atoms with E-state index >= 15 is 0 Å². The van der Waals surface area contributed by atoms with Crippen LogP contribution >= 0.6 is 0 Å². The Kier molecular flexibility index (Phi) is 5.21. The van der Waals surface area contributed by atoms with Gasteiger partial charge in [-0.1, -0.05) is 32.9 Å². The summed E-state index contributed by atoms with van der Waals surface area (Å²) in [5, 5.41) is 10.1. The first kappa shape index (κ1) is 17.2. The highest BCUT2D eigenvalue weighted by atomic mass is 16.5. The highest BCUT2D eigenvalue weighted by molar-refractivity contribution is 5.38. The summed E-state index contributed by atoms with van der Waals surface area (Å²) < 4.78 is 7.06. The molecule has 2 aromatic rings. The van der Waals surface area contributed by atoms with E-state index in [-0.39, 0.29) is 24.1 Å². The van der Waals surface area contributed by atoms with E-state index in [9.17, 15) is 9.90 Å². The lowest BCUT2D eigenvalue weighted by molar-refractivity contribution is 0.0910. The van der Waals surface area contributed by atoms with E-state index in [2.05, 4.69) is 31.8 Å². The molecule has 124 valence electrons. The van der Waals surface area contributed by atoms with Gasteiger partial charge in [0.25, 0.3) is 5.56 Å². The molecule has 0 bridgehead atoms. The van der Waals surface area contributed by atoms with Crippen LogP contribution in [-0.4, -0.2) is 27.4 Å². The van der Waals surface area contributed by atoms with Crippen LogP contribution in [0, 0.1) is 6.92 Å². The minimum Gasteiger partial charge on any atom is -0.491 e. The van der Waals surface area contributed by atoms with Gasteiger partial charge in [-0.25, -0.2) is 4.98 Å². The van der Waals surface area contributed by atoms with Crippen molar-refractivity contribution in [3.05, 3.63) is 58.3 Å². The molecule has 1 aromatic carbocycles. The Bertz CT molecular complexity index is 717. The van der Waals surface area contributed by atoms with Crippen molar-refractivity contribution < 1.29 is 9.84 Å². The number of aryl methyl sites for hydroxylation is 1. The SMILES string of the molecule is Cc1cc(C(C)(C)C)ccc1OCC(O)Cn1cnccc1=O. The molecule has 5 nitrogen and oxygen atoms in total. The zero-order chi connectivity index (χ0) is 17.0. The van der Waals surface area contributed by atoms with Crippen LogP contribution in [0.3, 0.4) is 0 Å². The van der Waals surface area contributed by atoms with Gasteiger partial charge < -0.3 is 9.84 Å². The number of aliphatic hydroxyl groups is 1. The van der Waals surface area contributed by atoms with Gasteiger partial charge in [-0.2, -0.15) is 0 Å². The van der Waals surface area contributed by atoms with E-state index < -0.39 is 6.10 Å². The second kappa shape index (κ2) is 6.96. The molecule has 0 spiro atoms. The Morgan fingerprint density at radius 3 is 2.65 bits per heavy atom. The third-order valence-corrected chi connectivity index (χ3v) is 3.67. The van der Waals surface area contributed by atoms with Gasteiger partial charge in [0.15, 0.2) is 0 Å². The second-order valence-corrected chi connectivity index (χ2v) is 6.77. The highest BCUT2D eigenvalue weighted by Gasteiger charge is 2.15. The molecule has 0 fully saturated rings. The monoisotopic (exact) mass is 316 g/mol. The van der Waals surface area contributed by atoms with Gasteiger partial charge in [-0.15, -0.1) is 0 Å². The van der Waals surface area contributed by atoms with Crippen LogP contribution in [0.1, 0.15) is 31.9 Å². The fourth-order valence-electron chi connectivity index (χ4n) is 2.26. The summed E-state index contributed by atoms with van der Waals surface area (Å²) in [4.78, 5) is 15.5. The molecule has 1 heterocycles. The number of aliphatic hydroxyl groups excluding tert-OH is 1. The van der Waals surface area contributed by atoms with Crippen LogP contribution in [0.15, 0.2) is 41.6 Å². The number of nitrogens with zero attached hydrogens (tertiary/aromatic N) is 2. The van der Waals surface area contributed by atoms with Gasteiger partial charge in [-0.05, 0) is 29.5 Å². The Morgan fingerprint density at radius 1 is 1.30 bits per heavy atom. The Balaban J connectivity index is 1.98. The molecule has 0 amide bonds. The van der Waals surface area contributed by atoms with Crippen LogP contribution < -0.4 is 10.3 Å². The summed E-state index contributed by atoms with van der Waals surface area (Å²) in [6.45, 7) is 8.76. The molecule has 1 unspecified atom stereocenters. The maximum atomic E-state index is 11.6. The predicted octanol–water partition coefficient (Wildman–Crippen LogP) is 2.29. The van der Waals surface area contributed by atoms with Gasteiger partial charge in [-0.3, -0.25) is 9.36 Å². The minimum atomic E-state index is -0.779. The van der Waals surface area contributed by atoms with Crippen molar-refractivity contribution in [2.75, 3.05) is 6.61 Å². The van der Waals surface area contributed by atoms with E-state index in [1.165, 1.54) is 28.7 Å². The molecule has 23 heavy (non-hydrogen) atoms. The Hall–Kier alpha value is -2.14. The van der Waals surface area contributed by atoms with Crippen molar-refractivity contribution in [1.82, 2.24) is 9.55 Å². The van der Waals surface area contributed by atoms with Crippen molar-refractivity contribution in [3.63, 3.8) is 0 Å². The average molecular weight is 316 g/mol. The predicted molar refractivity (Wildman–Crippen MR) is 89.9 cm³/mol. The summed E-state index contributed by atoms with van der Waals surface area (Å²) in [5.41, 5.74) is 2.17. The lowest BCUT2D eigenvalue weighted by atomic mass is 9.86. The lowest BCUT2D eigenvalue weighted by Gasteiger charge is -2.21. The van der Waals surface area contributed by atoms with Crippen LogP contribution in [0.2, 0.25) is 0 Å². The molecule has 0 saturated carbocycles. The number of rotatable bonds is 5. The lowest BCUT2D eigenvalue weighted by Crippen LogP contribution is -2.29. The van der Waals surface area contributed by atoms with Crippen LogP contribution in [0.25, 0.3) is 0 Å². The van der Waals surface area contributed by atoms with Gasteiger partial charge in [0.05, 0.1) is 12.9 Å². The molecule has 2 rings (SSSR count). The molecule has 5 heteroatoms. The smallest absolute Gasteiger partial charge is 0.253 e. The van der Waals surface area contributed by atoms with Crippen molar-refractivity contribution in [2.24, 2.45) is 0 Å². The topological polar surface area (TPSA) is 64.3 Å². The van der Waals surface area contributed by atoms with Gasteiger partial charge in [0, 0.05) is 12.3 Å². The molecule has 1 N–H and O–H groups in total. The summed E-state index contributed by atoms with van der Waals surface area (Å²) in [6, 6.07) is 7.44. The van der Waals surface area contributed by atoms with E-state index in [0.717, 1.165) is 11.3 Å². The second-order valence-electron chi connectivity index (χ2n) is 6.77. The van der Waals surface area contributed by atoms with E-state index in [4.69, 9.17) is 4.74 Å². The number of hydrogen-bond donors (Lipinski definition) is 1. The Labute approximate surface area is 136 Å². The van der Waals surface area contributed by atoms with Crippen LogP contribution in [-0.2, 0) is 12.0 Å². The molecule has 1 atom stereocenters. The summed E-state index contributed by atoms with van der Waals surface area (Å²) in [6.07, 6.45) is 2.06. The molecule has 0 saturated heterocycles. The largest absolute Gasteiger partial charge is 0.491 e. The molecule has 0 aliphatic rings. The van der Waals surface area contributed by atoms with Crippen molar-refractivity contribution in [2.45, 2.75) is 45.8 Å². The molecular formula is C18H24N2O3. The fraction of sp³-hybridized carbons (Fsp3) is 0.444. The van der Waals surface area contributed by atoms with Crippen molar-refractivity contribution in [1.29, 1.82) is 0 Å². The van der Waals surface area contributed by atoms with Crippen molar-refractivity contribution >= 4 is 0 Å². The molecule has 0 aliphatic carbocycles. The molecule has 0 radical (unpaired) electrons. The first-order chi connectivity index (χ1) is 10.8. The zero-order valence-electron chi connectivity index (χ0n) is 14.1. The van der Waals surface area contributed by atoms with E-state index in [0.29, 0.717) is 0 Å². The molecular weight excluding hydrogens is 292 g/mol. The number of aromatic nitrogens is 2. The average Bonchev–Trinajstić information content (AvgIpc) is 2.47. The maximum Gasteiger partial charge on any atom is 0.253 e.